The molecule has 132 valence electrons. The van der Waals surface area contributed by atoms with Gasteiger partial charge in [-0.2, -0.15) is 0 Å². The molecule has 0 aliphatic carbocycles. The first kappa shape index (κ1) is 18.3. The Morgan fingerprint density at radius 2 is 1.76 bits per heavy atom. The molecule has 7 heteroatoms. The van der Waals surface area contributed by atoms with E-state index in [0.717, 1.165) is 32.1 Å². The second-order valence-electron chi connectivity index (χ2n) is 6.03. The van der Waals surface area contributed by atoms with Crippen LogP contribution in [0.15, 0.2) is 36.4 Å². The Labute approximate surface area is 165 Å². The summed E-state index contributed by atoms with van der Waals surface area (Å²) in [6, 6.07) is 11.6. The van der Waals surface area contributed by atoms with Gasteiger partial charge in [-0.15, -0.1) is 11.3 Å². The topological polar surface area (TPSA) is 52.7 Å². The predicted molar refractivity (Wildman–Crippen MR) is 109 cm³/mol. The van der Waals surface area contributed by atoms with Crippen molar-refractivity contribution in [2.24, 2.45) is 0 Å². The van der Waals surface area contributed by atoms with Crippen molar-refractivity contribution in [1.82, 2.24) is 9.80 Å². The van der Waals surface area contributed by atoms with Crippen LogP contribution in [0, 0.1) is 10.5 Å². The van der Waals surface area contributed by atoms with Crippen LogP contribution in [0.4, 0.5) is 5.69 Å². The minimum Gasteiger partial charge on any atom is -0.335 e. The minimum atomic E-state index is -0.0186. The highest BCUT2D eigenvalue weighted by Gasteiger charge is 2.24. The van der Waals surface area contributed by atoms with Gasteiger partial charge in [0, 0.05) is 40.3 Å². The van der Waals surface area contributed by atoms with Crippen molar-refractivity contribution in [3.63, 3.8) is 0 Å². The monoisotopic (exact) mass is 469 g/mol. The van der Waals surface area contributed by atoms with E-state index >= 15 is 0 Å². The van der Waals surface area contributed by atoms with Crippen molar-refractivity contribution in [1.29, 1.82) is 0 Å². The van der Waals surface area contributed by atoms with Crippen LogP contribution >= 0.6 is 33.9 Å². The van der Waals surface area contributed by atoms with E-state index in [4.69, 9.17) is 0 Å². The Hall–Kier alpha value is -1.45. The van der Waals surface area contributed by atoms with E-state index in [-0.39, 0.29) is 11.8 Å². The van der Waals surface area contributed by atoms with Crippen LogP contribution in [-0.4, -0.2) is 54.3 Å². The first-order valence-electron chi connectivity index (χ1n) is 8.15. The van der Waals surface area contributed by atoms with Crippen molar-refractivity contribution >= 4 is 51.4 Å². The molecule has 1 aliphatic rings. The van der Waals surface area contributed by atoms with E-state index in [1.54, 1.807) is 0 Å². The molecule has 1 aliphatic heterocycles. The third-order valence-corrected chi connectivity index (χ3v) is 5.81. The molecule has 1 fully saturated rings. The van der Waals surface area contributed by atoms with Gasteiger partial charge in [0.05, 0.1) is 11.4 Å². The molecule has 0 spiro atoms. The van der Waals surface area contributed by atoms with Crippen LogP contribution in [0.25, 0.3) is 0 Å². The number of halogens is 1. The van der Waals surface area contributed by atoms with E-state index in [9.17, 15) is 9.59 Å². The Morgan fingerprint density at radius 1 is 1.08 bits per heavy atom. The van der Waals surface area contributed by atoms with Crippen molar-refractivity contribution in [3.05, 3.63) is 49.7 Å². The molecule has 2 heterocycles. The van der Waals surface area contributed by atoms with E-state index in [2.05, 4.69) is 32.8 Å². The SMILES string of the molecule is Cc1ccc(C(=O)N2CCN(CC(=O)Nc3ccc(I)cc3)CC2)s1. The first-order valence-corrected chi connectivity index (χ1v) is 10.0. The zero-order valence-electron chi connectivity index (χ0n) is 14.0. The number of nitrogens with one attached hydrogen (secondary N) is 1. The van der Waals surface area contributed by atoms with E-state index < -0.39 is 0 Å². The fraction of sp³-hybridized carbons (Fsp3) is 0.333. The quantitative estimate of drug-likeness (QED) is 0.701. The van der Waals surface area contributed by atoms with Crippen LogP contribution in [0.5, 0.6) is 0 Å². The summed E-state index contributed by atoms with van der Waals surface area (Å²) in [5.74, 6) is 0.0796. The Bertz CT molecular complexity index is 752. The van der Waals surface area contributed by atoms with Crippen molar-refractivity contribution in [2.45, 2.75) is 6.92 Å². The first-order chi connectivity index (χ1) is 12.0. The zero-order valence-corrected chi connectivity index (χ0v) is 17.0. The molecule has 5 nitrogen and oxygen atoms in total. The number of piperazine rings is 1. The lowest BCUT2D eigenvalue weighted by atomic mass is 10.2. The fourth-order valence-corrected chi connectivity index (χ4v) is 3.95. The molecule has 2 amide bonds. The molecule has 0 radical (unpaired) electrons. The third-order valence-electron chi connectivity index (χ3n) is 4.11. The summed E-state index contributed by atoms with van der Waals surface area (Å²) in [4.78, 5) is 30.5. The average Bonchev–Trinajstić information content (AvgIpc) is 3.03. The van der Waals surface area contributed by atoms with Crippen LogP contribution in [-0.2, 0) is 4.79 Å². The second kappa shape index (κ2) is 8.29. The van der Waals surface area contributed by atoms with E-state index in [1.807, 2.05) is 48.2 Å². The third kappa shape index (κ3) is 5.02. The molecule has 1 aromatic heterocycles. The molecule has 0 unspecified atom stereocenters. The lowest BCUT2D eigenvalue weighted by Crippen LogP contribution is -2.50. The Kier molecular flexibility index (Phi) is 6.08. The summed E-state index contributed by atoms with van der Waals surface area (Å²) in [6.45, 7) is 5.11. The molecule has 0 saturated carbocycles. The van der Waals surface area contributed by atoms with Crippen molar-refractivity contribution in [2.75, 3.05) is 38.0 Å². The zero-order chi connectivity index (χ0) is 17.8. The van der Waals surface area contributed by atoms with Gasteiger partial charge < -0.3 is 10.2 Å². The Morgan fingerprint density at radius 3 is 2.36 bits per heavy atom. The van der Waals surface area contributed by atoms with Gasteiger partial charge in [-0.3, -0.25) is 14.5 Å². The maximum absolute atomic E-state index is 12.4. The number of benzene rings is 1. The summed E-state index contributed by atoms with van der Waals surface area (Å²) in [6.07, 6.45) is 0. The number of rotatable bonds is 4. The van der Waals surface area contributed by atoms with Crippen LogP contribution in [0.1, 0.15) is 14.5 Å². The lowest BCUT2D eigenvalue weighted by molar-refractivity contribution is -0.117. The number of hydrogen-bond acceptors (Lipinski definition) is 4. The van der Waals surface area contributed by atoms with Gasteiger partial charge in [0.15, 0.2) is 0 Å². The lowest BCUT2D eigenvalue weighted by Gasteiger charge is -2.34. The van der Waals surface area contributed by atoms with Gasteiger partial charge >= 0.3 is 0 Å². The van der Waals surface area contributed by atoms with Gasteiger partial charge in [0.2, 0.25) is 5.91 Å². The van der Waals surface area contributed by atoms with Gasteiger partial charge in [-0.05, 0) is 65.9 Å². The van der Waals surface area contributed by atoms with Crippen LogP contribution in [0.2, 0.25) is 0 Å². The molecular weight excluding hydrogens is 449 g/mol. The van der Waals surface area contributed by atoms with Crippen molar-refractivity contribution < 1.29 is 9.59 Å². The summed E-state index contributed by atoms with van der Waals surface area (Å²) in [5, 5.41) is 2.92. The second-order valence-corrected chi connectivity index (χ2v) is 8.57. The summed E-state index contributed by atoms with van der Waals surface area (Å²) < 4.78 is 1.14. The highest BCUT2D eigenvalue weighted by atomic mass is 127. The normalized spacial score (nSPS) is 15.2. The van der Waals surface area contributed by atoms with E-state index in [0.29, 0.717) is 19.6 Å². The number of amides is 2. The number of carbonyl (C=O) groups is 2. The molecule has 1 saturated heterocycles. The summed E-state index contributed by atoms with van der Waals surface area (Å²) in [5.41, 5.74) is 0.812. The molecule has 0 atom stereocenters. The number of hydrogen-bond donors (Lipinski definition) is 1. The van der Waals surface area contributed by atoms with Crippen molar-refractivity contribution in [3.8, 4) is 0 Å². The number of aryl methyl sites for hydroxylation is 1. The fourth-order valence-electron chi connectivity index (χ4n) is 2.75. The molecule has 3 rings (SSSR count). The average molecular weight is 469 g/mol. The predicted octanol–water partition coefficient (Wildman–Crippen LogP) is 3.06. The molecule has 0 bridgehead atoms. The number of nitrogens with zero attached hydrogens (tertiary/aromatic N) is 2. The number of anilines is 1. The standard InChI is InChI=1S/C18H20IN3O2S/c1-13-2-7-16(25-13)18(24)22-10-8-21(9-11-22)12-17(23)20-15-5-3-14(19)4-6-15/h2-7H,8-12H2,1H3,(H,20,23). The molecule has 2 aromatic rings. The van der Waals surface area contributed by atoms with Crippen LogP contribution < -0.4 is 5.32 Å². The number of thiophene rings is 1. The van der Waals surface area contributed by atoms with Crippen LogP contribution in [0.3, 0.4) is 0 Å². The highest BCUT2D eigenvalue weighted by Crippen LogP contribution is 2.18. The Balaban J connectivity index is 1.46. The maximum Gasteiger partial charge on any atom is 0.264 e. The van der Waals surface area contributed by atoms with Gasteiger partial charge in [-0.1, -0.05) is 0 Å². The summed E-state index contributed by atoms with van der Waals surface area (Å²) in [7, 11) is 0. The molecule has 1 N–H and O–H groups in total. The van der Waals surface area contributed by atoms with Gasteiger partial charge in [0.1, 0.15) is 0 Å². The number of carbonyl (C=O) groups excluding carboxylic acids is 2. The molecule has 1 aromatic carbocycles. The minimum absolute atomic E-state index is 0.0186. The highest BCUT2D eigenvalue weighted by molar-refractivity contribution is 14.1. The van der Waals surface area contributed by atoms with Gasteiger partial charge in [0.25, 0.3) is 5.91 Å². The molecule has 25 heavy (non-hydrogen) atoms. The molecular formula is C18H20IN3O2S. The maximum atomic E-state index is 12.4. The smallest absolute Gasteiger partial charge is 0.264 e. The summed E-state index contributed by atoms with van der Waals surface area (Å²) >= 11 is 3.77. The largest absolute Gasteiger partial charge is 0.335 e. The van der Waals surface area contributed by atoms with Gasteiger partial charge in [-0.25, -0.2) is 0 Å². The van der Waals surface area contributed by atoms with E-state index in [1.165, 1.54) is 11.3 Å².